The number of amides is 1. The molecule has 0 atom stereocenters. The number of para-hydroxylation sites is 1. The van der Waals surface area contributed by atoms with Gasteiger partial charge in [0, 0.05) is 10.7 Å². The molecule has 22 heavy (non-hydrogen) atoms. The minimum absolute atomic E-state index is 0.404. The van der Waals surface area contributed by atoms with E-state index in [9.17, 15) is 4.79 Å². The average Bonchev–Trinajstić information content (AvgIpc) is 3.04. The number of benzene rings is 2. The van der Waals surface area contributed by atoms with Crippen LogP contribution in [-0.2, 0) is 9.47 Å². The fourth-order valence-corrected chi connectivity index (χ4v) is 2.21. The zero-order valence-corrected chi connectivity index (χ0v) is 12.4. The van der Waals surface area contributed by atoms with Crippen molar-refractivity contribution in [1.82, 2.24) is 0 Å². The molecule has 0 unspecified atom stereocenters. The number of rotatable bonds is 3. The van der Waals surface area contributed by atoms with Gasteiger partial charge in [-0.3, -0.25) is 5.32 Å². The van der Waals surface area contributed by atoms with Gasteiger partial charge in [0.15, 0.2) is 6.29 Å². The fourth-order valence-electron chi connectivity index (χ4n) is 2.08. The van der Waals surface area contributed by atoms with Gasteiger partial charge >= 0.3 is 6.09 Å². The maximum atomic E-state index is 12.0. The number of hydrogen-bond donors (Lipinski definition) is 1. The summed E-state index contributed by atoms with van der Waals surface area (Å²) >= 11 is 5.80. The summed E-state index contributed by atoms with van der Waals surface area (Å²) in [6, 6.07) is 13.9. The van der Waals surface area contributed by atoms with Crippen molar-refractivity contribution in [3.63, 3.8) is 0 Å². The quantitative estimate of drug-likeness (QED) is 0.929. The second-order valence-electron chi connectivity index (χ2n) is 4.63. The van der Waals surface area contributed by atoms with E-state index in [1.807, 2.05) is 6.07 Å². The summed E-state index contributed by atoms with van der Waals surface area (Å²) in [4.78, 5) is 12.0. The molecule has 0 radical (unpaired) electrons. The first-order valence-electron chi connectivity index (χ1n) is 6.79. The molecule has 1 aliphatic rings. The van der Waals surface area contributed by atoms with E-state index < -0.39 is 12.4 Å². The maximum absolute atomic E-state index is 12.0. The van der Waals surface area contributed by atoms with E-state index in [2.05, 4.69) is 5.32 Å². The summed E-state index contributed by atoms with van der Waals surface area (Å²) in [5.41, 5.74) is 1.28. The Kier molecular flexibility index (Phi) is 4.58. The number of halogens is 1. The van der Waals surface area contributed by atoms with Gasteiger partial charge in [-0.05, 0) is 30.3 Å². The molecule has 114 valence electrons. The van der Waals surface area contributed by atoms with Gasteiger partial charge < -0.3 is 14.2 Å². The normalized spacial score (nSPS) is 14.8. The monoisotopic (exact) mass is 319 g/mol. The summed E-state index contributed by atoms with van der Waals surface area (Å²) in [5.74, 6) is 0.404. The van der Waals surface area contributed by atoms with Crippen LogP contribution in [0.15, 0.2) is 48.5 Å². The molecule has 2 aromatic carbocycles. The molecule has 3 rings (SSSR count). The third kappa shape index (κ3) is 3.57. The van der Waals surface area contributed by atoms with Gasteiger partial charge in [0.2, 0.25) is 0 Å². The van der Waals surface area contributed by atoms with Crippen LogP contribution in [0, 0.1) is 0 Å². The molecule has 0 aromatic heterocycles. The highest BCUT2D eigenvalue weighted by atomic mass is 35.5. The fraction of sp³-hybridized carbons (Fsp3) is 0.188. The van der Waals surface area contributed by atoms with Crippen molar-refractivity contribution in [3.8, 4) is 5.75 Å². The minimum Gasteiger partial charge on any atom is -0.410 e. The van der Waals surface area contributed by atoms with Gasteiger partial charge in [0.05, 0.1) is 18.8 Å². The van der Waals surface area contributed by atoms with Gasteiger partial charge in [-0.25, -0.2) is 4.79 Å². The third-order valence-corrected chi connectivity index (χ3v) is 3.34. The van der Waals surface area contributed by atoms with Gasteiger partial charge in [0.1, 0.15) is 5.75 Å². The van der Waals surface area contributed by atoms with Crippen LogP contribution in [0.4, 0.5) is 10.5 Å². The highest BCUT2D eigenvalue weighted by Crippen LogP contribution is 2.31. The molecule has 1 amide bonds. The molecule has 6 heteroatoms. The molecule has 0 saturated carbocycles. The summed E-state index contributed by atoms with van der Waals surface area (Å²) in [6.07, 6.45) is -1.09. The lowest BCUT2D eigenvalue weighted by molar-refractivity contribution is -0.0452. The first kappa shape index (κ1) is 14.8. The summed E-state index contributed by atoms with van der Waals surface area (Å²) in [7, 11) is 0. The minimum atomic E-state index is -0.590. The summed E-state index contributed by atoms with van der Waals surface area (Å²) in [5, 5.41) is 3.23. The molecular weight excluding hydrogens is 306 g/mol. The van der Waals surface area contributed by atoms with E-state index in [1.54, 1.807) is 42.5 Å². The van der Waals surface area contributed by atoms with Crippen molar-refractivity contribution in [2.45, 2.75) is 6.29 Å². The second-order valence-corrected chi connectivity index (χ2v) is 5.07. The molecule has 0 spiro atoms. The number of ether oxygens (including phenoxy) is 3. The average molecular weight is 320 g/mol. The first-order valence-corrected chi connectivity index (χ1v) is 7.17. The van der Waals surface area contributed by atoms with Crippen LogP contribution in [0.5, 0.6) is 5.75 Å². The van der Waals surface area contributed by atoms with Crippen molar-refractivity contribution < 1.29 is 19.0 Å². The Bertz CT molecular complexity index is 653. The van der Waals surface area contributed by atoms with Crippen molar-refractivity contribution in [3.05, 3.63) is 59.1 Å². The standard InChI is InChI=1S/C16H14ClNO4/c17-11-5-7-12(8-6-11)18-16(19)22-14-4-2-1-3-13(14)15-20-9-10-21-15/h1-8,15H,9-10H2,(H,18,19). The van der Waals surface area contributed by atoms with Crippen molar-refractivity contribution >= 4 is 23.4 Å². The number of carbonyl (C=O) groups is 1. The Morgan fingerprint density at radius 3 is 2.50 bits per heavy atom. The predicted molar refractivity (Wildman–Crippen MR) is 82.2 cm³/mol. The van der Waals surface area contributed by atoms with E-state index in [-0.39, 0.29) is 0 Å². The Labute approximate surface area is 132 Å². The molecule has 1 heterocycles. The topological polar surface area (TPSA) is 56.8 Å². The molecule has 1 saturated heterocycles. The van der Waals surface area contributed by atoms with Crippen LogP contribution in [0.25, 0.3) is 0 Å². The number of nitrogens with one attached hydrogen (secondary N) is 1. The maximum Gasteiger partial charge on any atom is 0.417 e. The Hall–Kier alpha value is -2.08. The zero-order chi connectivity index (χ0) is 15.4. The molecule has 5 nitrogen and oxygen atoms in total. The Morgan fingerprint density at radius 2 is 1.77 bits per heavy atom. The van der Waals surface area contributed by atoms with Crippen LogP contribution in [0.1, 0.15) is 11.9 Å². The van der Waals surface area contributed by atoms with Crippen LogP contribution < -0.4 is 10.1 Å². The number of hydrogen-bond acceptors (Lipinski definition) is 4. The van der Waals surface area contributed by atoms with Gasteiger partial charge in [-0.2, -0.15) is 0 Å². The molecule has 1 aliphatic heterocycles. The van der Waals surface area contributed by atoms with Crippen LogP contribution in [-0.4, -0.2) is 19.3 Å². The van der Waals surface area contributed by atoms with Crippen molar-refractivity contribution in [2.24, 2.45) is 0 Å². The van der Waals surface area contributed by atoms with Gasteiger partial charge in [-0.15, -0.1) is 0 Å². The molecular formula is C16H14ClNO4. The smallest absolute Gasteiger partial charge is 0.410 e. The van der Waals surface area contributed by atoms with E-state index >= 15 is 0 Å². The molecule has 1 fully saturated rings. The van der Waals surface area contributed by atoms with Crippen LogP contribution in [0.2, 0.25) is 5.02 Å². The Morgan fingerprint density at radius 1 is 1.09 bits per heavy atom. The molecule has 0 bridgehead atoms. The zero-order valence-electron chi connectivity index (χ0n) is 11.6. The lowest BCUT2D eigenvalue weighted by Gasteiger charge is -2.14. The highest BCUT2D eigenvalue weighted by molar-refractivity contribution is 6.30. The predicted octanol–water partition coefficient (Wildman–Crippen LogP) is 4.00. The number of carbonyl (C=O) groups excluding carboxylic acids is 1. The molecule has 2 aromatic rings. The molecule has 0 aliphatic carbocycles. The van der Waals surface area contributed by atoms with Crippen LogP contribution in [0.3, 0.4) is 0 Å². The molecule has 1 N–H and O–H groups in total. The summed E-state index contributed by atoms with van der Waals surface area (Å²) in [6.45, 7) is 1.05. The number of anilines is 1. The van der Waals surface area contributed by atoms with E-state index in [0.29, 0.717) is 35.2 Å². The van der Waals surface area contributed by atoms with E-state index in [0.717, 1.165) is 0 Å². The van der Waals surface area contributed by atoms with Crippen LogP contribution >= 0.6 is 11.6 Å². The lowest BCUT2D eigenvalue weighted by atomic mass is 10.2. The summed E-state index contributed by atoms with van der Waals surface area (Å²) < 4.78 is 16.2. The lowest BCUT2D eigenvalue weighted by Crippen LogP contribution is -2.18. The van der Waals surface area contributed by atoms with E-state index in [4.69, 9.17) is 25.8 Å². The van der Waals surface area contributed by atoms with E-state index in [1.165, 1.54) is 0 Å². The first-order chi connectivity index (χ1) is 10.7. The van der Waals surface area contributed by atoms with Crippen molar-refractivity contribution in [1.29, 1.82) is 0 Å². The largest absolute Gasteiger partial charge is 0.417 e. The Balaban J connectivity index is 1.69. The second kappa shape index (κ2) is 6.79. The third-order valence-electron chi connectivity index (χ3n) is 3.09. The van der Waals surface area contributed by atoms with Gasteiger partial charge in [-0.1, -0.05) is 29.8 Å². The SMILES string of the molecule is O=C(Nc1ccc(Cl)cc1)Oc1ccccc1C1OCCO1. The van der Waals surface area contributed by atoms with Gasteiger partial charge in [0.25, 0.3) is 0 Å². The highest BCUT2D eigenvalue weighted by Gasteiger charge is 2.22. The van der Waals surface area contributed by atoms with Crippen molar-refractivity contribution in [2.75, 3.05) is 18.5 Å².